The van der Waals surface area contributed by atoms with Gasteiger partial charge < -0.3 is 10.1 Å². The molecule has 1 aromatic carbocycles. The van der Waals surface area contributed by atoms with Crippen molar-refractivity contribution in [3.05, 3.63) is 48.3 Å². The van der Waals surface area contributed by atoms with Crippen molar-refractivity contribution in [2.75, 3.05) is 12.4 Å². The number of ether oxygens (including phenoxy) is 1. The van der Waals surface area contributed by atoms with Crippen molar-refractivity contribution in [2.45, 2.75) is 0 Å². The Labute approximate surface area is 114 Å². The van der Waals surface area contributed by atoms with Gasteiger partial charge in [0, 0.05) is 11.9 Å². The number of methoxy groups -OCH3 is 1. The van der Waals surface area contributed by atoms with Gasteiger partial charge in [0.05, 0.1) is 29.8 Å². The zero-order valence-corrected chi connectivity index (χ0v) is 10.8. The number of anilines is 2. The number of nitrogens with one attached hydrogen (secondary N) is 2. The molecule has 2 N–H and O–H groups in total. The van der Waals surface area contributed by atoms with E-state index in [1.165, 1.54) is 7.11 Å². The number of aromatic amines is 1. The second-order valence-corrected chi connectivity index (χ2v) is 4.19. The van der Waals surface area contributed by atoms with E-state index in [0.29, 0.717) is 11.4 Å². The molecular weight excluding hydrogens is 256 g/mol. The summed E-state index contributed by atoms with van der Waals surface area (Å²) in [6.07, 6.45) is 3.39. The summed E-state index contributed by atoms with van der Waals surface area (Å²) in [6.45, 7) is 0. The highest BCUT2D eigenvalue weighted by atomic mass is 16.5. The lowest BCUT2D eigenvalue weighted by Gasteiger charge is -2.07. The van der Waals surface area contributed by atoms with Crippen LogP contribution < -0.4 is 5.32 Å². The number of nitrogens with zero attached hydrogens (tertiary/aromatic N) is 2. The summed E-state index contributed by atoms with van der Waals surface area (Å²) in [5.41, 5.74) is 2.14. The molecule has 100 valence electrons. The molecule has 0 spiro atoms. The van der Waals surface area contributed by atoms with Crippen LogP contribution in [-0.2, 0) is 4.74 Å². The normalized spacial score (nSPS) is 10.4. The second kappa shape index (κ2) is 5.00. The number of benzene rings is 1. The van der Waals surface area contributed by atoms with Crippen molar-refractivity contribution in [1.82, 2.24) is 15.2 Å². The molecule has 2 aromatic heterocycles. The van der Waals surface area contributed by atoms with E-state index in [0.717, 1.165) is 16.6 Å². The minimum absolute atomic E-state index is 0.372. The molecule has 0 aliphatic rings. The zero-order valence-electron chi connectivity index (χ0n) is 10.8. The van der Waals surface area contributed by atoms with Gasteiger partial charge in [-0.15, -0.1) is 0 Å². The molecule has 0 saturated carbocycles. The molecule has 6 nitrogen and oxygen atoms in total. The standard InChI is InChI=1S/C14H12N4O2/c1-20-14(19)9-3-2-4-10(7-9)17-13-11-8-16-18-12(11)5-6-15-13/h2-8H,1H3,(H,15,17)(H,16,18). The van der Waals surface area contributed by atoms with Gasteiger partial charge in [-0.3, -0.25) is 5.10 Å². The highest BCUT2D eigenvalue weighted by molar-refractivity contribution is 5.92. The van der Waals surface area contributed by atoms with Crippen LogP contribution in [-0.4, -0.2) is 28.3 Å². The van der Waals surface area contributed by atoms with E-state index in [-0.39, 0.29) is 5.97 Å². The van der Waals surface area contributed by atoms with Crippen LogP contribution in [0.4, 0.5) is 11.5 Å². The Hall–Kier alpha value is -2.89. The Morgan fingerprint density at radius 2 is 2.25 bits per heavy atom. The number of hydrogen-bond acceptors (Lipinski definition) is 5. The van der Waals surface area contributed by atoms with Gasteiger partial charge in [0.15, 0.2) is 0 Å². The van der Waals surface area contributed by atoms with Gasteiger partial charge in [0.25, 0.3) is 0 Å². The Morgan fingerprint density at radius 3 is 3.10 bits per heavy atom. The molecule has 0 radical (unpaired) electrons. The predicted octanol–water partition coefficient (Wildman–Crippen LogP) is 2.49. The van der Waals surface area contributed by atoms with Crippen LogP contribution in [0.1, 0.15) is 10.4 Å². The molecular formula is C14H12N4O2. The summed E-state index contributed by atoms with van der Waals surface area (Å²) < 4.78 is 4.70. The number of hydrogen-bond donors (Lipinski definition) is 2. The lowest BCUT2D eigenvalue weighted by Crippen LogP contribution is -2.02. The maximum atomic E-state index is 11.5. The molecule has 20 heavy (non-hydrogen) atoms. The van der Waals surface area contributed by atoms with Crippen molar-refractivity contribution in [3.8, 4) is 0 Å². The molecule has 0 aliphatic carbocycles. The zero-order chi connectivity index (χ0) is 13.9. The number of fused-ring (bicyclic) bond motifs is 1. The van der Waals surface area contributed by atoms with Gasteiger partial charge in [0.1, 0.15) is 5.82 Å². The maximum Gasteiger partial charge on any atom is 0.337 e. The Kier molecular flexibility index (Phi) is 3.04. The maximum absolute atomic E-state index is 11.5. The summed E-state index contributed by atoms with van der Waals surface area (Å²) in [5.74, 6) is 0.307. The number of H-pyrrole nitrogens is 1. The Balaban J connectivity index is 1.95. The first-order valence-corrected chi connectivity index (χ1v) is 6.01. The van der Waals surface area contributed by atoms with E-state index in [1.807, 2.05) is 12.1 Å². The summed E-state index contributed by atoms with van der Waals surface area (Å²) in [7, 11) is 1.36. The van der Waals surface area contributed by atoms with Gasteiger partial charge in [-0.25, -0.2) is 9.78 Å². The number of rotatable bonds is 3. The first-order valence-electron chi connectivity index (χ1n) is 6.01. The lowest BCUT2D eigenvalue weighted by atomic mass is 10.2. The van der Waals surface area contributed by atoms with Crippen LogP contribution in [0.15, 0.2) is 42.7 Å². The smallest absolute Gasteiger partial charge is 0.337 e. The van der Waals surface area contributed by atoms with Gasteiger partial charge in [0.2, 0.25) is 0 Å². The van der Waals surface area contributed by atoms with Gasteiger partial charge in [-0.05, 0) is 24.3 Å². The fourth-order valence-corrected chi connectivity index (χ4v) is 1.95. The average molecular weight is 268 g/mol. The summed E-state index contributed by atoms with van der Waals surface area (Å²) in [4.78, 5) is 15.8. The molecule has 0 aliphatic heterocycles. The fraction of sp³-hybridized carbons (Fsp3) is 0.0714. The van der Waals surface area contributed by atoms with E-state index in [1.54, 1.807) is 30.6 Å². The lowest BCUT2D eigenvalue weighted by molar-refractivity contribution is 0.0601. The Morgan fingerprint density at radius 1 is 1.35 bits per heavy atom. The first-order chi connectivity index (χ1) is 9.78. The van der Waals surface area contributed by atoms with Crippen LogP contribution in [0.5, 0.6) is 0 Å². The van der Waals surface area contributed by atoms with Gasteiger partial charge in [-0.1, -0.05) is 6.07 Å². The number of pyridine rings is 1. The van der Waals surface area contributed by atoms with Gasteiger partial charge >= 0.3 is 5.97 Å². The highest BCUT2D eigenvalue weighted by Gasteiger charge is 2.08. The SMILES string of the molecule is COC(=O)c1cccc(Nc2nccc3[nH]ncc23)c1. The number of aromatic nitrogens is 3. The number of carbonyl (C=O) groups is 1. The highest BCUT2D eigenvalue weighted by Crippen LogP contribution is 2.23. The molecule has 0 atom stereocenters. The molecule has 0 saturated heterocycles. The third kappa shape index (κ3) is 2.18. The average Bonchev–Trinajstić information content (AvgIpc) is 2.96. The quantitative estimate of drug-likeness (QED) is 0.713. The number of carbonyl (C=O) groups excluding carboxylic acids is 1. The van der Waals surface area contributed by atoms with Crippen molar-refractivity contribution in [1.29, 1.82) is 0 Å². The van der Waals surface area contributed by atoms with Crippen LogP contribution in [0.3, 0.4) is 0 Å². The third-order valence-corrected chi connectivity index (χ3v) is 2.92. The van der Waals surface area contributed by atoms with Crippen LogP contribution in [0.2, 0.25) is 0 Å². The van der Waals surface area contributed by atoms with Crippen molar-refractivity contribution < 1.29 is 9.53 Å². The van der Waals surface area contributed by atoms with Crippen molar-refractivity contribution in [3.63, 3.8) is 0 Å². The molecule has 3 aromatic rings. The predicted molar refractivity (Wildman–Crippen MR) is 75.0 cm³/mol. The minimum Gasteiger partial charge on any atom is -0.465 e. The van der Waals surface area contributed by atoms with Crippen molar-refractivity contribution in [2.24, 2.45) is 0 Å². The van der Waals surface area contributed by atoms with Crippen LogP contribution >= 0.6 is 0 Å². The van der Waals surface area contributed by atoms with Gasteiger partial charge in [-0.2, -0.15) is 5.10 Å². The van der Waals surface area contributed by atoms with E-state index in [9.17, 15) is 4.79 Å². The first kappa shape index (κ1) is 12.2. The van der Waals surface area contributed by atoms with Crippen LogP contribution in [0.25, 0.3) is 10.9 Å². The van der Waals surface area contributed by atoms with Crippen LogP contribution in [0, 0.1) is 0 Å². The second-order valence-electron chi connectivity index (χ2n) is 4.19. The Bertz CT molecular complexity index is 766. The van der Waals surface area contributed by atoms with E-state index >= 15 is 0 Å². The molecule has 0 bridgehead atoms. The summed E-state index contributed by atoms with van der Waals surface area (Å²) >= 11 is 0. The fourth-order valence-electron chi connectivity index (χ4n) is 1.95. The monoisotopic (exact) mass is 268 g/mol. The topological polar surface area (TPSA) is 79.9 Å². The van der Waals surface area contributed by atoms with Crippen molar-refractivity contribution >= 4 is 28.4 Å². The van der Waals surface area contributed by atoms with E-state index < -0.39 is 0 Å². The largest absolute Gasteiger partial charge is 0.465 e. The third-order valence-electron chi connectivity index (χ3n) is 2.92. The minimum atomic E-state index is -0.372. The molecule has 3 rings (SSSR count). The molecule has 2 heterocycles. The number of esters is 1. The van der Waals surface area contributed by atoms with E-state index in [4.69, 9.17) is 4.74 Å². The molecule has 0 fully saturated rings. The molecule has 0 unspecified atom stereocenters. The van der Waals surface area contributed by atoms with E-state index in [2.05, 4.69) is 20.5 Å². The molecule has 0 amide bonds. The summed E-state index contributed by atoms with van der Waals surface area (Å²) in [6, 6.07) is 8.89. The summed E-state index contributed by atoms with van der Waals surface area (Å²) in [5, 5.41) is 10.9. The molecule has 6 heteroatoms.